The number of amides is 1. The van der Waals surface area contributed by atoms with Gasteiger partial charge in [0.05, 0.1) is 0 Å². The number of anilines is 1. The first kappa shape index (κ1) is 13.6. The maximum Gasteiger partial charge on any atom is 0.312 e. The number of rotatable bonds is 2. The van der Waals surface area contributed by atoms with Gasteiger partial charge < -0.3 is 15.0 Å². The number of H-pyrrole nitrogens is 1. The van der Waals surface area contributed by atoms with Crippen molar-refractivity contribution in [2.75, 3.05) is 11.4 Å². The molecular weight excluding hydrogens is 292 g/mol. The third-order valence-electron chi connectivity index (χ3n) is 4.31. The number of carbonyl (C=O) groups excluding carboxylic acids is 1. The Hall–Kier alpha value is -3.08. The lowest BCUT2D eigenvalue weighted by Crippen LogP contribution is -2.31. The number of benzene rings is 2. The van der Waals surface area contributed by atoms with E-state index in [0.717, 1.165) is 10.9 Å². The van der Waals surface area contributed by atoms with E-state index in [1.165, 1.54) is 0 Å². The Kier molecular flexibility index (Phi) is 2.94. The van der Waals surface area contributed by atoms with Crippen molar-refractivity contribution in [1.29, 1.82) is 0 Å². The number of aromatic nitrogens is 1. The molecule has 1 aromatic heterocycles. The fourth-order valence-electron chi connectivity index (χ4n) is 3.15. The van der Waals surface area contributed by atoms with Gasteiger partial charge in [-0.3, -0.25) is 9.59 Å². The molecule has 1 aliphatic heterocycles. The first-order valence-corrected chi connectivity index (χ1v) is 7.36. The monoisotopic (exact) mass is 306 g/mol. The van der Waals surface area contributed by atoms with Gasteiger partial charge in [-0.05, 0) is 35.9 Å². The standard InChI is InChI=1S/C18H14N2O3/c21-17(12-5-6-15-11(9-12)7-8-19-15)20-10-14(18(22)23)13-3-1-2-4-16(13)20/h1-9,14,19H,10H2,(H,22,23). The van der Waals surface area contributed by atoms with Crippen molar-refractivity contribution in [3.8, 4) is 0 Å². The molecule has 1 amide bonds. The van der Waals surface area contributed by atoms with Crippen LogP contribution in [0.5, 0.6) is 0 Å². The van der Waals surface area contributed by atoms with Crippen LogP contribution in [-0.2, 0) is 4.79 Å². The molecule has 0 radical (unpaired) electrons. The zero-order chi connectivity index (χ0) is 16.0. The number of carboxylic acid groups (broad SMARTS) is 1. The van der Waals surface area contributed by atoms with E-state index in [0.29, 0.717) is 16.8 Å². The Labute approximate surface area is 132 Å². The summed E-state index contributed by atoms with van der Waals surface area (Å²) in [4.78, 5) is 29.0. The lowest BCUT2D eigenvalue weighted by Gasteiger charge is -2.17. The molecule has 114 valence electrons. The third-order valence-corrected chi connectivity index (χ3v) is 4.31. The first-order chi connectivity index (χ1) is 11.1. The molecular formula is C18H14N2O3. The summed E-state index contributed by atoms with van der Waals surface area (Å²) < 4.78 is 0. The molecule has 0 fully saturated rings. The van der Waals surface area contributed by atoms with Crippen molar-refractivity contribution in [3.05, 3.63) is 65.9 Å². The molecule has 0 saturated heterocycles. The first-order valence-electron chi connectivity index (χ1n) is 7.36. The summed E-state index contributed by atoms with van der Waals surface area (Å²) in [6, 6.07) is 14.5. The number of aliphatic carboxylic acids is 1. The number of nitrogens with one attached hydrogen (secondary N) is 1. The highest BCUT2D eigenvalue weighted by molar-refractivity contribution is 6.10. The van der Waals surface area contributed by atoms with E-state index in [-0.39, 0.29) is 12.5 Å². The number of hydrogen-bond donors (Lipinski definition) is 2. The molecule has 1 aliphatic rings. The highest BCUT2D eigenvalue weighted by Crippen LogP contribution is 2.37. The Bertz CT molecular complexity index is 929. The van der Waals surface area contributed by atoms with Gasteiger partial charge in [0.15, 0.2) is 0 Å². The van der Waals surface area contributed by atoms with Gasteiger partial charge in [-0.25, -0.2) is 0 Å². The van der Waals surface area contributed by atoms with E-state index >= 15 is 0 Å². The van der Waals surface area contributed by atoms with Crippen LogP contribution in [0.4, 0.5) is 5.69 Å². The van der Waals surface area contributed by atoms with Crippen molar-refractivity contribution in [1.82, 2.24) is 4.98 Å². The summed E-state index contributed by atoms with van der Waals surface area (Å²) >= 11 is 0. The van der Waals surface area contributed by atoms with Gasteiger partial charge in [0.1, 0.15) is 5.92 Å². The van der Waals surface area contributed by atoms with E-state index < -0.39 is 11.9 Å². The van der Waals surface area contributed by atoms with Crippen LogP contribution >= 0.6 is 0 Å². The summed E-state index contributed by atoms with van der Waals surface area (Å²) in [7, 11) is 0. The second kappa shape index (κ2) is 4.98. The summed E-state index contributed by atoms with van der Waals surface area (Å²) in [6.07, 6.45) is 1.82. The van der Waals surface area contributed by atoms with E-state index in [9.17, 15) is 14.7 Å². The van der Waals surface area contributed by atoms with Gasteiger partial charge in [0.25, 0.3) is 5.91 Å². The fourth-order valence-corrected chi connectivity index (χ4v) is 3.15. The molecule has 2 N–H and O–H groups in total. The molecule has 2 heterocycles. The van der Waals surface area contributed by atoms with Crippen LogP contribution in [0.15, 0.2) is 54.7 Å². The van der Waals surface area contributed by atoms with Gasteiger partial charge in [-0.1, -0.05) is 18.2 Å². The average Bonchev–Trinajstić information content (AvgIpc) is 3.18. The summed E-state index contributed by atoms with van der Waals surface area (Å²) in [5.41, 5.74) is 2.89. The Morgan fingerprint density at radius 3 is 2.78 bits per heavy atom. The summed E-state index contributed by atoms with van der Waals surface area (Å²) in [6.45, 7) is 0.165. The SMILES string of the molecule is O=C(O)C1CN(C(=O)c2ccc3[nH]ccc3c2)c2ccccc21. The second-order valence-electron chi connectivity index (χ2n) is 5.65. The molecule has 0 aliphatic carbocycles. The van der Waals surface area contributed by atoms with Gasteiger partial charge in [-0.15, -0.1) is 0 Å². The van der Waals surface area contributed by atoms with Crippen LogP contribution in [-0.4, -0.2) is 28.5 Å². The maximum absolute atomic E-state index is 12.9. The van der Waals surface area contributed by atoms with E-state index in [1.54, 1.807) is 29.2 Å². The maximum atomic E-state index is 12.9. The quantitative estimate of drug-likeness (QED) is 0.764. The molecule has 3 aromatic rings. The van der Waals surface area contributed by atoms with E-state index in [2.05, 4.69) is 4.98 Å². The van der Waals surface area contributed by atoms with E-state index in [4.69, 9.17) is 0 Å². The molecule has 5 heteroatoms. The molecule has 1 unspecified atom stereocenters. The minimum atomic E-state index is -0.908. The fraction of sp³-hybridized carbons (Fsp3) is 0.111. The van der Waals surface area contributed by atoms with Crippen molar-refractivity contribution < 1.29 is 14.7 Å². The molecule has 4 rings (SSSR count). The molecule has 0 bridgehead atoms. The zero-order valence-electron chi connectivity index (χ0n) is 12.2. The zero-order valence-corrected chi connectivity index (χ0v) is 12.2. The van der Waals surface area contributed by atoms with Gasteiger partial charge in [-0.2, -0.15) is 0 Å². The molecule has 0 spiro atoms. The lowest BCUT2D eigenvalue weighted by molar-refractivity contribution is -0.138. The van der Waals surface area contributed by atoms with Gasteiger partial charge in [0, 0.05) is 34.9 Å². The number of carboxylic acids is 1. The summed E-state index contributed by atoms with van der Waals surface area (Å²) in [5, 5.41) is 10.4. The van der Waals surface area contributed by atoms with Crippen molar-refractivity contribution >= 4 is 28.5 Å². The number of nitrogens with zero attached hydrogens (tertiary/aromatic N) is 1. The van der Waals surface area contributed by atoms with Crippen molar-refractivity contribution in [2.24, 2.45) is 0 Å². The Balaban J connectivity index is 1.75. The number of para-hydroxylation sites is 1. The minimum Gasteiger partial charge on any atom is -0.481 e. The largest absolute Gasteiger partial charge is 0.481 e. The Morgan fingerprint density at radius 2 is 1.96 bits per heavy atom. The number of carbonyl (C=O) groups is 2. The highest BCUT2D eigenvalue weighted by Gasteiger charge is 2.36. The van der Waals surface area contributed by atoms with Crippen LogP contribution in [0.1, 0.15) is 21.8 Å². The average molecular weight is 306 g/mol. The predicted molar refractivity (Wildman–Crippen MR) is 86.8 cm³/mol. The molecule has 1 atom stereocenters. The molecule has 23 heavy (non-hydrogen) atoms. The molecule has 5 nitrogen and oxygen atoms in total. The number of aromatic amines is 1. The highest BCUT2D eigenvalue weighted by atomic mass is 16.4. The smallest absolute Gasteiger partial charge is 0.312 e. The van der Waals surface area contributed by atoms with Gasteiger partial charge in [0.2, 0.25) is 0 Å². The van der Waals surface area contributed by atoms with Crippen molar-refractivity contribution in [3.63, 3.8) is 0 Å². The van der Waals surface area contributed by atoms with Crippen LogP contribution < -0.4 is 4.90 Å². The van der Waals surface area contributed by atoms with Crippen LogP contribution in [0.2, 0.25) is 0 Å². The van der Waals surface area contributed by atoms with Crippen molar-refractivity contribution in [2.45, 2.75) is 5.92 Å². The number of fused-ring (bicyclic) bond motifs is 2. The second-order valence-corrected chi connectivity index (χ2v) is 5.65. The van der Waals surface area contributed by atoms with E-state index in [1.807, 2.05) is 30.5 Å². The normalized spacial score (nSPS) is 16.5. The topological polar surface area (TPSA) is 73.4 Å². The Morgan fingerprint density at radius 1 is 1.13 bits per heavy atom. The van der Waals surface area contributed by atoms with Crippen LogP contribution in [0.3, 0.4) is 0 Å². The molecule has 0 saturated carbocycles. The third kappa shape index (κ3) is 2.09. The predicted octanol–water partition coefficient (Wildman–Crippen LogP) is 3.00. The lowest BCUT2D eigenvalue weighted by atomic mass is 10.0. The minimum absolute atomic E-state index is 0.165. The van der Waals surface area contributed by atoms with Gasteiger partial charge >= 0.3 is 5.97 Å². The van der Waals surface area contributed by atoms with Crippen LogP contribution in [0, 0.1) is 0 Å². The summed E-state index contributed by atoms with van der Waals surface area (Å²) in [5.74, 6) is -1.76. The molecule has 2 aromatic carbocycles. The van der Waals surface area contributed by atoms with Crippen LogP contribution in [0.25, 0.3) is 10.9 Å². The number of hydrogen-bond acceptors (Lipinski definition) is 2.